The predicted molar refractivity (Wildman–Crippen MR) is 112 cm³/mol. The number of anilines is 2. The van der Waals surface area contributed by atoms with Crippen LogP contribution in [0.5, 0.6) is 0 Å². The Balaban J connectivity index is 1.42. The van der Waals surface area contributed by atoms with Gasteiger partial charge in [-0.05, 0) is 37.0 Å². The number of hydrogen-bond acceptors (Lipinski definition) is 7. The number of aromatic nitrogens is 2. The quantitative estimate of drug-likeness (QED) is 0.660. The maximum atomic E-state index is 12.5. The molecule has 1 saturated carbocycles. The molecule has 0 bridgehead atoms. The summed E-state index contributed by atoms with van der Waals surface area (Å²) in [6.07, 6.45) is 3.43. The normalized spacial score (nSPS) is 23.8. The lowest BCUT2D eigenvalue weighted by Gasteiger charge is -2.47. The third-order valence-corrected chi connectivity index (χ3v) is 7.95. The maximum absolute atomic E-state index is 12.5. The van der Waals surface area contributed by atoms with Gasteiger partial charge in [0.15, 0.2) is 0 Å². The van der Waals surface area contributed by atoms with Gasteiger partial charge in [0, 0.05) is 17.2 Å². The Morgan fingerprint density at radius 3 is 2.55 bits per heavy atom. The second-order valence-corrected chi connectivity index (χ2v) is 10.2. The van der Waals surface area contributed by atoms with Crippen LogP contribution in [-0.2, 0) is 22.8 Å². The summed E-state index contributed by atoms with van der Waals surface area (Å²) < 4.78 is 12.5. The molecule has 3 aliphatic rings. The fourth-order valence-electron chi connectivity index (χ4n) is 4.26. The highest BCUT2D eigenvalue weighted by Gasteiger charge is 2.45. The molecule has 1 aromatic carbocycles. The monoisotopic (exact) mass is 434 g/mol. The van der Waals surface area contributed by atoms with Crippen LogP contribution in [-0.4, -0.2) is 55.4 Å². The molecule has 3 N–H and O–H groups in total. The van der Waals surface area contributed by atoms with Crippen LogP contribution in [0.3, 0.4) is 0 Å². The van der Waals surface area contributed by atoms with Gasteiger partial charge in [0.05, 0.1) is 41.7 Å². The van der Waals surface area contributed by atoms with Gasteiger partial charge in [0.25, 0.3) is 0 Å². The number of aliphatic hydroxyl groups excluding tert-OH is 1. The van der Waals surface area contributed by atoms with E-state index in [1.54, 1.807) is 12.1 Å². The van der Waals surface area contributed by atoms with E-state index in [4.69, 9.17) is 11.6 Å². The van der Waals surface area contributed by atoms with Gasteiger partial charge >= 0.3 is 0 Å². The second-order valence-electron chi connectivity index (χ2n) is 8.26. The smallest absolute Gasteiger partial charge is 0.227 e. The topological polar surface area (TPSA) is 98.6 Å². The van der Waals surface area contributed by atoms with E-state index < -0.39 is 16.4 Å². The highest BCUT2D eigenvalue weighted by molar-refractivity contribution is 7.85. The van der Waals surface area contributed by atoms with E-state index in [-0.39, 0.29) is 12.1 Å². The van der Waals surface area contributed by atoms with Gasteiger partial charge in [-0.1, -0.05) is 23.7 Å². The summed E-state index contributed by atoms with van der Waals surface area (Å²) in [6.45, 7) is 0.774. The average Bonchev–Trinajstić information content (AvgIpc) is 3.03. The van der Waals surface area contributed by atoms with Crippen molar-refractivity contribution in [2.24, 2.45) is 0 Å². The Kier molecular flexibility index (Phi) is 4.58. The van der Waals surface area contributed by atoms with E-state index in [1.165, 1.54) is 0 Å². The molecule has 1 saturated heterocycles. The number of benzene rings is 1. The lowest BCUT2D eigenvalue weighted by molar-refractivity contribution is 0.00651. The Bertz CT molecular complexity index is 969. The number of rotatable bonds is 5. The molecule has 3 heterocycles. The van der Waals surface area contributed by atoms with Gasteiger partial charge in [-0.2, -0.15) is 4.98 Å². The predicted octanol–water partition coefficient (Wildman–Crippen LogP) is 1.83. The van der Waals surface area contributed by atoms with E-state index >= 15 is 0 Å². The van der Waals surface area contributed by atoms with Crippen molar-refractivity contribution in [2.75, 3.05) is 35.7 Å². The molecule has 7 nitrogen and oxygen atoms in total. The van der Waals surface area contributed by atoms with Crippen molar-refractivity contribution in [3.63, 3.8) is 0 Å². The molecule has 1 atom stereocenters. The maximum Gasteiger partial charge on any atom is 0.227 e. The van der Waals surface area contributed by atoms with Crippen molar-refractivity contribution in [1.29, 1.82) is 0 Å². The summed E-state index contributed by atoms with van der Waals surface area (Å²) >= 11 is 5.95. The van der Waals surface area contributed by atoms with Crippen LogP contribution in [0.2, 0.25) is 5.02 Å². The number of fused-ring (bicyclic) bond motifs is 1. The van der Waals surface area contributed by atoms with Crippen LogP contribution >= 0.6 is 11.6 Å². The molecule has 0 amide bonds. The second kappa shape index (κ2) is 6.91. The number of halogens is 1. The summed E-state index contributed by atoms with van der Waals surface area (Å²) in [5.41, 5.74) is 0.257. The largest absolute Gasteiger partial charge is 0.394 e. The molecular formula is C20H23ClN4O3S. The fourth-order valence-corrected chi connectivity index (χ4v) is 5.69. The van der Waals surface area contributed by atoms with Crippen LogP contribution < -0.4 is 10.2 Å². The Labute approximate surface area is 176 Å². The summed E-state index contributed by atoms with van der Waals surface area (Å²) in [5.74, 6) is 1.64. The summed E-state index contributed by atoms with van der Waals surface area (Å²) in [6, 6.07) is 7.21. The summed E-state index contributed by atoms with van der Waals surface area (Å²) in [5, 5.41) is 24.8. The summed E-state index contributed by atoms with van der Waals surface area (Å²) in [4.78, 5) is 11.9. The number of nitrogens with one attached hydrogen (secondary N) is 1. The molecule has 1 unspecified atom stereocenters. The van der Waals surface area contributed by atoms with Crippen molar-refractivity contribution in [1.82, 2.24) is 9.97 Å². The summed E-state index contributed by atoms with van der Waals surface area (Å²) in [7, 11) is -1.13. The molecule has 2 fully saturated rings. The first-order valence-corrected chi connectivity index (χ1v) is 11.5. The Morgan fingerprint density at radius 1 is 1.21 bits per heavy atom. The van der Waals surface area contributed by atoms with Gasteiger partial charge in [-0.15, -0.1) is 0 Å². The lowest BCUT2D eigenvalue weighted by Crippen LogP contribution is -2.60. The number of aliphatic hydroxyl groups is 2. The minimum absolute atomic E-state index is 0.0216. The van der Waals surface area contributed by atoms with Crippen molar-refractivity contribution in [3.05, 3.63) is 40.5 Å². The number of aryl methyl sites for hydroxylation is 1. The standard InChI is InChI=1S/C20H23ClN4O3S/c21-14-4-2-13(3-5-14)20(27)10-25(11-20)18-22-15-6-9-29(28)16(15)17(23-18)24-19(12-26)7-1-8-19/h2-5,26-27H,1,6-12H2,(H,22,23,24). The van der Waals surface area contributed by atoms with Crippen LogP contribution in [0.15, 0.2) is 29.2 Å². The Hall–Kier alpha value is -1.74. The van der Waals surface area contributed by atoms with Crippen LogP contribution in [0, 0.1) is 0 Å². The van der Waals surface area contributed by atoms with Gasteiger partial charge in [0.1, 0.15) is 16.3 Å². The zero-order valence-corrected chi connectivity index (χ0v) is 17.5. The lowest BCUT2D eigenvalue weighted by atomic mass is 9.77. The third kappa shape index (κ3) is 3.22. The Morgan fingerprint density at radius 2 is 1.93 bits per heavy atom. The molecule has 29 heavy (non-hydrogen) atoms. The number of nitrogens with zero attached hydrogens (tertiary/aromatic N) is 3. The molecular weight excluding hydrogens is 412 g/mol. The zero-order valence-electron chi connectivity index (χ0n) is 15.9. The number of hydrogen-bond donors (Lipinski definition) is 3. The minimum Gasteiger partial charge on any atom is -0.394 e. The van der Waals surface area contributed by atoms with Gasteiger partial charge < -0.3 is 20.4 Å². The van der Waals surface area contributed by atoms with E-state index in [0.717, 1.165) is 30.5 Å². The fraction of sp³-hybridized carbons (Fsp3) is 0.500. The van der Waals surface area contributed by atoms with E-state index in [2.05, 4.69) is 15.3 Å². The van der Waals surface area contributed by atoms with Gasteiger partial charge in [0.2, 0.25) is 5.95 Å². The van der Waals surface area contributed by atoms with Crippen molar-refractivity contribution in [2.45, 2.75) is 41.7 Å². The molecule has 0 radical (unpaired) electrons. The zero-order chi connectivity index (χ0) is 20.2. The first-order valence-electron chi connectivity index (χ1n) is 9.83. The van der Waals surface area contributed by atoms with Gasteiger partial charge in [-0.3, -0.25) is 4.21 Å². The first-order chi connectivity index (χ1) is 13.9. The van der Waals surface area contributed by atoms with E-state index in [0.29, 0.717) is 46.9 Å². The van der Waals surface area contributed by atoms with Crippen LogP contribution in [0.1, 0.15) is 30.5 Å². The molecule has 9 heteroatoms. The molecule has 2 aromatic rings. The van der Waals surface area contributed by atoms with E-state index in [1.807, 2.05) is 17.0 Å². The molecule has 1 aliphatic carbocycles. The first kappa shape index (κ1) is 19.2. The van der Waals surface area contributed by atoms with Crippen molar-refractivity contribution >= 4 is 34.2 Å². The molecule has 2 aliphatic heterocycles. The highest BCUT2D eigenvalue weighted by Crippen LogP contribution is 2.40. The SMILES string of the molecule is O=S1CCc2nc(N3CC(O)(c4ccc(Cl)cc4)C3)nc(NC3(CO)CCC3)c21. The van der Waals surface area contributed by atoms with Crippen LogP contribution in [0.4, 0.5) is 11.8 Å². The average molecular weight is 435 g/mol. The van der Waals surface area contributed by atoms with E-state index in [9.17, 15) is 14.4 Å². The third-order valence-electron chi connectivity index (χ3n) is 6.24. The molecule has 5 rings (SSSR count). The van der Waals surface area contributed by atoms with Crippen LogP contribution in [0.25, 0.3) is 0 Å². The molecule has 1 aromatic heterocycles. The highest BCUT2D eigenvalue weighted by atomic mass is 35.5. The molecule has 154 valence electrons. The van der Waals surface area contributed by atoms with Gasteiger partial charge in [-0.25, -0.2) is 4.98 Å². The van der Waals surface area contributed by atoms with Crippen molar-refractivity contribution in [3.8, 4) is 0 Å². The number of β-amino-alcohol motifs (C(OH)–C–C–N with tert-alkyl or cyclic N) is 1. The van der Waals surface area contributed by atoms with Crippen molar-refractivity contribution < 1.29 is 14.4 Å². The molecule has 0 spiro atoms. The minimum atomic E-state index is -1.13.